The van der Waals surface area contributed by atoms with E-state index in [0.717, 1.165) is 83.5 Å². The molecular weight excluding hydrogens is 988 g/mol. The molecule has 0 saturated carbocycles. The monoisotopic (exact) mass is 1110 g/mol. The summed E-state index contributed by atoms with van der Waals surface area (Å²) >= 11 is 0. The number of rotatable bonds is 60. The maximum Gasteiger partial charge on any atom is 0.306 e. The van der Waals surface area contributed by atoms with Crippen LogP contribution in [0.3, 0.4) is 0 Å². The fourth-order valence-corrected chi connectivity index (χ4v) is 10.3. The zero-order chi connectivity index (χ0) is 57.2. The van der Waals surface area contributed by atoms with Gasteiger partial charge in [-0.15, -0.1) is 0 Å². The Hall–Kier alpha value is -2.29. The van der Waals surface area contributed by atoms with Crippen molar-refractivity contribution in [3.63, 3.8) is 0 Å². The Bertz CT molecular complexity index is 1520. The predicted molar refractivity (Wildman–Crippen MR) is 335 cm³/mol. The number of esters is 1. The Morgan fingerprint density at radius 2 is 0.782 bits per heavy atom. The number of hydrogen-bond acceptors (Lipinski definition) is 7. The normalized spacial score (nSPS) is 14.0. The maximum absolute atomic E-state index is 13.5. The third-order valence-electron chi connectivity index (χ3n) is 14.7. The summed E-state index contributed by atoms with van der Waals surface area (Å²) in [4.78, 5) is 40.0. The van der Waals surface area contributed by atoms with Gasteiger partial charge in [0, 0.05) is 12.8 Å². The third kappa shape index (κ3) is 58.4. The molecule has 1 N–H and O–H groups in total. The number of nitrogens with zero attached hydrogens (tertiary/aromatic N) is 1. The molecule has 0 aliphatic carbocycles. The molecule has 0 aromatic heterocycles. The van der Waals surface area contributed by atoms with Crippen molar-refractivity contribution in [1.82, 2.24) is 5.32 Å². The molecule has 456 valence electrons. The van der Waals surface area contributed by atoms with Gasteiger partial charge in [-0.2, -0.15) is 0 Å². The van der Waals surface area contributed by atoms with E-state index >= 15 is 0 Å². The van der Waals surface area contributed by atoms with E-state index in [4.69, 9.17) is 13.8 Å². The number of carbonyl (C=O) groups excluding carboxylic acids is 2. The molecule has 3 atom stereocenters. The molecule has 78 heavy (non-hydrogen) atoms. The van der Waals surface area contributed by atoms with Crippen LogP contribution in [-0.4, -0.2) is 69.4 Å². The van der Waals surface area contributed by atoms with Crippen LogP contribution in [0.15, 0.2) is 60.8 Å². The van der Waals surface area contributed by atoms with E-state index in [2.05, 4.69) is 74.7 Å². The smallest absolute Gasteiger partial charge is 0.306 e. The second-order valence-corrected chi connectivity index (χ2v) is 25.0. The van der Waals surface area contributed by atoms with Gasteiger partial charge in [-0.05, 0) is 76.7 Å². The number of likely N-dealkylation sites (N-methyl/N-ethyl adjacent to an activating group) is 1. The average molecular weight is 1120 g/mol. The van der Waals surface area contributed by atoms with Crippen molar-refractivity contribution in [1.29, 1.82) is 0 Å². The van der Waals surface area contributed by atoms with E-state index in [0.29, 0.717) is 17.4 Å². The second kappa shape index (κ2) is 57.9. The number of hydrogen-bond donors (Lipinski definition) is 1. The molecule has 0 heterocycles. The van der Waals surface area contributed by atoms with E-state index in [1.807, 2.05) is 33.3 Å². The van der Waals surface area contributed by atoms with Crippen LogP contribution in [0.2, 0.25) is 0 Å². The Labute approximate surface area is 483 Å². The van der Waals surface area contributed by atoms with E-state index in [1.165, 1.54) is 193 Å². The van der Waals surface area contributed by atoms with E-state index in [1.54, 1.807) is 0 Å². The Balaban J connectivity index is 5.02. The highest BCUT2D eigenvalue weighted by Crippen LogP contribution is 2.38. The first-order chi connectivity index (χ1) is 37.9. The zero-order valence-electron chi connectivity index (χ0n) is 52.1. The number of nitrogens with one attached hydrogen (secondary N) is 1. The van der Waals surface area contributed by atoms with Crippen LogP contribution < -0.4 is 10.2 Å². The minimum atomic E-state index is -4.70. The van der Waals surface area contributed by atoms with Gasteiger partial charge >= 0.3 is 5.97 Å². The molecule has 0 spiro atoms. The van der Waals surface area contributed by atoms with Crippen molar-refractivity contribution in [3.8, 4) is 0 Å². The zero-order valence-corrected chi connectivity index (χ0v) is 53.0. The Morgan fingerprint density at radius 3 is 1.19 bits per heavy atom. The maximum atomic E-state index is 13.5. The predicted octanol–water partition coefficient (Wildman–Crippen LogP) is 20.0. The van der Waals surface area contributed by atoms with Crippen molar-refractivity contribution in [2.24, 2.45) is 0 Å². The molecule has 0 aliphatic heterocycles. The van der Waals surface area contributed by atoms with Gasteiger partial charge in [0.15, 0.2) is 0 Å². The minimum absolute atomic E-state index is 0.0224. The molecule has 9 nitrogen and oxygen atoms in total. The summed E-state index contributed by atoms with van der Waals surface area (Å²) in [5, 5.41) is 3.03. The number of phosphoric acid groups is 1. The highest BCUT2D eigenvalue weighted by molar-refractivity contribution is 7.45. The summed E-state index contributed by atoms with van der Waals surface area (Å²) in [6, 6.07) is -0.888. The summed E-state index contributed by atoms with van der Waals surface area (Å²) in [7, 11) is 1.19. The summed E-state index contributed by atoms with van der Waals surface area (Å²) in [6.07, 6.45) is 73.3. The molecular formula is C68H127N2O7P. The third-order valence-corrected chi connectivity index (χ3v) is 15.7. The lowest BCUT2D eigenvalue weighted by molar-refractivity contribution is -0.870. The largest absolute Gasteiger partial charge is 0.756 e. The van der Waals surface area contributed by atoms with Gasteiger partial charge in [-0.25, -0.2) is 0 Å². The topological polar surface area (TPSA) is 114 Å². The number of unbranched alkanes of at least 4 members (excludes halogenated alkanes) is 36. The summed E-state index contributed by atoms with van der Waals surface area (Å²) < 4.78 is 30.3. The van der Waals surface area contributed by atoms with Crippen LogP contribution in [-0.2, 0) is 27.9 Å². The lowest BCUT2D eigenvalue weighted by Crippen LogP contribution is -2.47. The van der Waals surface area contributed by atoms with Crippen molar-refractivity contribution in [3.05, 3.63) is 60.8 Å². The number of amides is 1. The van der Waals surface area contributed by atoms with Crippen LogP contribution in [0.1, 0.15) is 310 Å². The lowest BCUT2D eigenvalue weighted by atomic mass is 10.0. The molecule has 0 aromatic carbocycles. The average Bonchev–Trinajstić information content (AvgIpc) is 3.41. The van der Waals surface area contributed by atoms with Crippen LogP contribution >= 0.6 is 7.82 Å². The van der Waals surface area contributed by atoms with Crippen molar-refractivity contribution in [2.75, 3.05) is 40.9 Å². The quantitative estimate of drug-likeness (QED) is 0.0212. The second-order valence-electron chi connectivity index (χ2n) is 23.6. The fourth-order valence-electron chi connectivity index (χ4n) is 9.57. The Kier molecular flexibility index (Phi) is 56.2. The lowest BCUT2D eigenvalue weighted by Gasteiger charge is -2.30. The van der Waals surface area contributed by atoms with Crippen LogP contribution in [0, 0.1) is 0 Å². The SMILES string of the molecule is CCCCC/C=C\C/C=C\C/C=C\C/C=C\CCCCCCCCCCCCCC(=O)NC(COP(=O)([O-])OCC[N+](C)(C)C)C(/C=C\CCCCCCCCCCC)OC(=O)CCCCCCCCCCCCCCCC. The van der Waals surface area contributed by atoms with Gasteiger partial charge in [0.25, 0.3) is 7.82 Å². The van der Waals surface area contributed by atoms with Gasteiger partial charge in [-0.3, -0.25) is 14.2 Å². The van der Waals surface area contributed by atoms with Crippen LogP contribution in [0.25, 0.3) is 0 Å². The van der Waals surface area contributed by atoms with Crippen molar-refractivity contribution in [2.45, 2.75) is 322 Å². The standard InChI is InChI=1S/C68H127N2O7P/c1-7-10-13-16-19-22-25-27-29-30-31-32-33-34-35-36-37-38-39-40-41-42-45-48-51-54-57-60-67(71)69-65(64-76-78(73,74)75-63-62-70(4,5)6)66(59-56-53-50-47-44-24-21-18-15-12-9-3)77-68(72)61-58-55-52-49-46-43-28-26-23-20-17-14-11-8-2/h19,22,27,29,31-32,34-35,56,59,65-66H,7-18,20-21,23-26,28,30,33,36-55,57-58,60-64H2,1-6H3,(H-,69,71,73,74)/b22-19-,29-27-,32-31-,35-34-,59-56-. The van der Waals surface area contributed by atoms with E-state index < -0.39 is 20.0 Å². The molecule has 0 fully saturated rings. The molecule has 0 bridgehead atoms. The molecule has 3 unspecified atom stereocenters. The number of ether oxygens (including phenoxy) is 1. The molecule has 0 radical (unpaired) electrons. The molecule has 0 rings (SSSR count). The highest BCUT2D eigenvalue weighted by atomic mass is 31.2. The first-order valence-corrected chi connectivity index (χ1v) is 34.6. The van der Waals surface area contributed by atoms with Crippen molar-refractivity contribution < 1.29 is 37.3 Å². The van der Waals surface area contributed by atoms with Gasteiger partial charge in [0.05, 0.1) is 33.8 Å². The van der Waals surface area contributed by atoms with Crippen LogP contribution in [0.5, 0.6) is 0 Å². The van der Waals surface area contributed by atoms with Crippen LogP contribution in [0.4, 0.5) is 0 Å². The minimum Gasteiger partial charge on any atom is -0.756 e. The molecule has 0 aliphatic rings. The molecule has 1 amide bonds. The van der Waals surface area contributed by atoms with Crippen molar-refractivity contribution >= 4 is 19.7 Å². The van der Waals surface area contributed by atoms with Gasteiger partial charge in [-0.1, -0.05) is 281 Å². The van der Waals surface area contributed by atoms with E-state index in [-0.39, 0.29) is 31.5 Å². The molecule has 10 heteroatoms. The first-order valence-electron chi connectivity index (χ1n) is 33.1. The van der Waals surface area contributed by atoms with E-state index in [9.17, 15) is 19.0 Å². The van der Waals surface area contributed by atoms with Gasteiger partial charge in [0.1, 0.15) is 19.3 Å². The first kappa shape index (κ1) is 75.7. The number of carbonyl (C=O) groups is 2. The molecule has 0 aromatic rings. The number of quaternary nitrogens is 1. The number of phosphoric ester groups is 1. The Morgan fingerprint density at radius 1 is 0.449 bits per heavy atom. The highest BCUT2D eigenvalue weighted by Gasteiger charge is 2.27. The van der Waals surface area contributed by atoms with Gasteiger partial charge < -0.3 is 28.5 Å². The number of allylic oxidation sites excluding steroid dienone is 9. The summed E-state index contributed by atoms with van der Waals surface area (Å²) in [6.45, 7) is 6.83. The summed E-state index contributed by atoms with van der Waals surface area (Å²) in [5.74, 6) is -0.535. The fraction of sp³-hybridized carbons (Fsp3) is 0.824. The summed E-state index contributed by atoms with van der Waals surface area (Å²) in [5.41, 5.74) is 0. The molecule has 0 saturated heterocycles. The van der Waals surface area contributed by atoms with Gasteiger partial charge in [0.2, 0.25) is 5.91 Å².